The van der Waals surface area contributed by atoms with E-state index < -0.39 is 0 Å². The summed E-state index contributed by atoms with van der Waals surface area (Å²) in [6.07, 6.45) is 15.7. The van der Waals surface area contributed by atoms with Gasteiger partial charge in [0.05, 0.1) is 22.1 Å². The lowest BCUT2D eigenvalue weighted by Gasteiger charge is -2.13. The maximum atomic E-state index is 5.04. The molecule has 67 heavy (non-hydrogen) atoms. The summed E-state index contributed by atoms with van der Waals surface area (Å²) in [5.74, 6) is 1.90. The maximum absolute atomic E-state index is 5.04. The van der Waals surface area contributed by atoms with Crippen molar-refractivity contribution in [3.8, 4) is 56.7 Å². The maximum Gasteiger partial charge on any atom is 0.164 e. The molecule has 316 valence electrons. The molecule has 0 spiro atoms. The molecular weight excluding hydrogens is 815 g/mol. The Balaban J connectivity index is 0.951. The van der Waals surface area contributed by atoms with Crippen LogP contribution >= 0.6 is 0 Å². The van der Waals surface area contributed by atoms with Crippen LogP contribution in [-0.4, -0.2) is 24.1 Å². The molecule has 3 heterocycles. The minimum absolute atomic E-state index is 0.623. The zero-order valence-corrected chi connectivity index (χ0v) is 36.7. The number of hydrogen-bond donors (Lipinski definition) is 0. The fourth-order valence-electron chi connectivity index (χ4n) is 9.50. The molecule has 0 amide bonds. The van der Waals surface area contributed by atoms with Gasteiger partial charge in [-0.25, -0.2) is 15.0 Å². The fourth-order valence-corrected chi connectivity index (χ4v) is 9.50. The summed E-state index contributed by atoms with van der Waals surface area (Å²) in [4.78, 5) is 15.0. The van der Waals surface area contributed by atoms with Gasteiger partial charge < -0.3 is 9.13 Å². The number of rotatable bonds is 7. The molecule has 0 atom stereocenters. The summed E-state index contributed by atoms with van der Waals surface area (Å²) in [6, 6.07) is 68.8. The van der Waals surface area contributed by atoms with Gasteiger partial charge in [-0.1, -0.05) is 189 Å². The van der Waals surface area contributed by atoms with Crippen LogP contribution < -0.4 is 0 Å². The van der Waals surface area contributed by atoms with Gasteiger partial charge in [-0.3, -0.25) is 0 Å². The van der Waals surface area contributed by atoms with Crippen LogP contribution in [-0.2, 0) is 0 Å². The van der Waals surface area contributed by atoms with Crippen LogP contribution in [0.1, 0.15) is 12.0 Å². The van der Waals surface area contributed by atoms with Crippen LogP contribution in [0.15, 0.2) is 249 Å². The van der Waals surface area contributed by atoms with E-state index in [1.165, 1.54) is 27.1 Å². The molecule has 1 aliphatic rings. The second kappa shape index (κ2) is 16.9. The second-order valence-electron chi connectivity index (χ2n) is 16.9. The molecule has 8 aromatic carbocycles. The van der Waals surface area contributed by atoms with Gasteiger partial charge in [-0.05, 0) is 88.9 Å². The molecule has 3 aromatic heterocycles. The van der Waals surface area contributed by atoms with E-state index in [9.17, 15) is 0 Å². The van der Waals surface area contributed by atoms with Crippen molar-refractivity contribution in [1.29, 1.82) is 0 Å². The molecule has 0 radical (unpaired) electrons. The molecule has 12 rings (SSSR count). The van der Waals surface area contributed by atoms with E-state index in [-0.39, 0.29) is 0 Å². The molecule has 0 saturated carbocycles. The van der Waals surface area contributed by atoms with Gasteiger partial charge in [0, 0.05) is 49.6 Å². The minimum atomic E-state index is 0.623. The SMILES string of the molecule is C=C1/C=C\C=C/C/C=C\C=C1c1ccc(-n2c3ccccc3c3ccc(-c4ccc5c(c4)c4ccccc4n5-c4cccc(-c5nc(-c6ccccc6)nc(-c6ccccc6)n5)c4)cc32)cc1. The largest absolute Gasteiger partial charge is 0.309 e. The highest BCUT2D eigenvalue weighted by atomic mass is 15.0. The molecule has 5 nitrogen and oxygen atoms in total. The predicted octanol–water partition coefficient (Wildman–Crippen LogP) is 15.7. The first kappa shape index (κ1) is 39.6. The molecule has 0 bridgehead atoms. The van der Waals surface area contributed by atoms with Gasteiger partial charge in [0.2, 0.25) is 0 Å². The van der Waals surface area contributed by atoms with Gasteiger partial charge in [0.1, 0.15) is 0 Å². The highest BCUT2D eigenvalue weighted by Crippen LogP contribution is 2.39. The molecule has 0 saturated heterocycles. The quantitative estimate of drug-likeness (QED) is 0.160. The molecule has 0 unspecified atom stereocenters. The Morgan fingerprint density at radius 2 is 0.896 bits per heavy atom. The van der Waals surface area contributed by atoms with Crippen LogP contribution in [0.4, 0.5) is 0 Å². The van der Waals surface area contributed by atoms with Crippen molar-refractivity contribution in [2.24, 2.45) is 0 Å². The first-order chi connectivity index (χ1) is 33.1. The molecule has 0 fully saturated rings. The van der Waals surface area contributed by atoms with Gasteiger partial charge in [-0.15, -0.1) is 0 Å². The Kier molecular flexibility index (Phi) is 9.99. The topological polar surface area (TPSA) is 48.5 Å². The van der Waals surface area contributed by atoms with Crippen molar-refractivity contribution in [3.63, 3.8) is 0 Å². The average molecular weight is 858 g/mol. The van der Waals surface area contributed by atoms with E-state index in [2.05, 4.69) is 192 Å². The smallest absolute Gasteiger partial charge is 0.164 e. The second-order valence-corrected chi connectivity index (χ2v) is 16.9. The summed E-state index contributed by atoms with van der Waals surface area (Å²) in [5, 5.41) is 4.82. The normalized spacial score (nSPS) is 14.4. The standard InChI is InChI=1S/C62H43N5/c1-42-19-8-4-2-3-5-13-26-51(42)43-31-35-49(36-32-43)66-56-29-16-14-27-52(56)54-37-33-47(41-59(54)66)46-34-38-58-55(40-46)53-28-15-17-30-57(53)67(58)50-25-18-24-48(39-50)62-64-60(44-20-9-6-10-21-44)63-61(65-62)45-22-11-7-12-23-45/h2,4-41H,1,3H2/b4-2-,13-5-,19-8-,51-26?. The van der Waals surface area contributed by atoms with Crippen molar-refractivity contribution in [2.45, 2.75) is 6.42 Å². The van der Waals surface area contributed by atoms with E-state index in [1.54, 1.807) is 0 Å². The highest BCUT2D eigenvalue weighted by Gasteiger charge is 2.18. The highest BCUT2D eigenvalue weighted by molar-refractivity contribution is 6.12. The first-order valence-electron chi connectivity index (χ1n) is 22.7. The Morgan fingerprint density at radius 3 is 1.61 bits per heavy atom. The molecule has 1 aliphatic carbocycles. The molecule has 5 heteroatoms. The van der Waals surface area contributed by atoms with E-state index >= 15 is 0 Å². The van der Waals surface area contributed by atoms with Crippen molar-refractivity contribution in [3.05, 3.63) is 254 Å². The number of hydrogen-bond acceptors (Lipinski definition) is 3. The lowest BCUT2D eigenvalue weighted by molar-refractivity contribution is 1.07. The van der Waals surface area contributed by atoms with E-state index in [0.717, 1.165) is 78.9 Å². The van der Waals surface area contributed by atoms with Gasteiger partial charge >= 0.3 is 0 Å². The van der Waals surface area contributed by atoms with Crippen molar-refractivity contribution < 1.29 is 0 Å². The van der Waals surface area contributed by atoms with Crippen LogP contribution in [0, 0.1) is 0 Å². The van der Waals surface area contributed by atoms with Gasteiger partial charge in [-0.2, -0.15) is 0 Å². The summed E-state index contributed by atoms with van der Waals surface area (Å²) in [5.41, 5.74) is 15.1. The monoisotopic (exact) mass is 857 g/mol. The summed E-state index contributed by atoms with van der Waals surface area (Å²) in [7, 11) is 0. The average Bonchev–Trinajstić information content (AvgIpc) is 3.91. The van der Waals surface area contributed by atoms with Crippen LogP contribution in [0.25, 0.3) is 106 Å². The zero-order chi connectivity index (χ0) is 44.7. The van der Waals surface area contributed by atoms with E-state index in [4.69, 9.17) is 15.0 Å². The number of allylic oxidation sites excluding steroid dienone is 9. The molecule has 0 aliphatic heterocycles. The lowest BCUT2D eigenvalue weighted by Crippen LogP contribution is -2.01. The van der Waals surface area contributed by atoms with Crippen molar-refractivity contribution in [2.75, 3.05) is 0 Å². The number of para-hydroxylation sites is 2. The Labute approximate surface area is 389 Å². The third kappa shape index (κ3) is 7.29. The number of benzene rings is 8. The van der Waals surface area contributed by atoms with E-state index in [0.29, 0.717) is 17.5 Å². The summed E-state index contributed by atoms with van der Waals surface area (Å²) in [6.45, 7) is 4.39. The molecule has 0 N–H and O–H groups in total. The van der Waals surface area contributed by atoms with Gasteiger partial charge in [0.25, 0.3) is 0 Å². The van der Waals surface area contributed by atoms with E-state index in [1.807, 2.05) is 60.7 Å². The third-order valence-corrected chi connectivity index (χ3v) is 12.7. The van der Waals surface area contributed by atoms with Crippen LogP contribution in [0.5, 0.6) is 0 Å². The molecule has 11 aromatic rings. The lowest BCUT2D eigenvalue weighted by atomic mass is 9.97. The predicted molar refractivity (Wildman–Crippen MR) is 279 cm³/mol. The summed E-state index contributed by atoms with van der Waals surface area (Å²) >= 11 is 0. The number of fused-ring (bicyclic) bond motifs is 6. The Morgan fingerprint density at radius 1 is 0.358 bits per heavy atom. The molecular formula is C62H43N5. The number of nitrogens with zero attached hydrogens (tertiary/aromatic N) is 5. The fraction of sp³-hybridized carbons (Fsp3) is 0.0161. The third-order valence-electron chi connectivity index (χ3n) is 12.7. The minimum Gasteiger partial charge on any atom is -0.309 e. The first-order valence-corrected chi connectivity index (χ1v) is 22.7. The Bertz CT molecular complexity index is 3770. The number of aromatic nitrogens is 5. The van der Waals surface area contributed by atoms with Crippen LogP contribution in [0.3, 0.4) is 0 Å². The summed E-state index contributed by atoms with van der Waals surface area (Å²) < 4.78 is 4.75. The zero-order valence-electron chi connectivity index (χ0n) is 36.7. The Hall–Kier alpha value is -8.93. The van der Waals surface area contributed by atoms with Crippen LogP contribution in [0.2, 0.25) is 0 Å². The van der Waals surface area contributed by atoms with Crippen molar-refractivity contribution in [1.82, 2.24) is 24.1 Å². The van der Waals surface area contributed by atoms with Crippen molar-refractivity contribution >= 4 is 49.2 Å². The van der Waals surface area contributed by atoms with Gasteiger partial charge in [0.15, 0.2) is 17.5 Å².